The van der Waals surface area contributed by atoms with Crippen molar-refractivity contribution in [2.75, 3.05) is 18.9 Å². The minimum absolute atomic E-state index is 0.278. The van der Waals surface area contributed by atoms with Crippen molar-refractivity contribution < 1.29 is 28.7 Å². The maximum Gasteiger partial charge on any atom is 0.414 e. The summed E-state index contributed by atoms with van der Waals surface area (Å²) < 4.78 is 13.5. The van der Waals surface area contributed by atoms with E-state index < -0.39 is 30.4 Å². The van der Waals surface area contributed by atoms with Gasteiger partial charge in [-0.2, -0.15) is 0 Å². The molecule has 1 spiro atoms. The molecular weight excluding hydrogens is 479 g/mol. The number of hydrogen-bond acceptors (Lipinski definition) is 4. The lowest BCUT2D eigenvalue weighted by Crippen LogP contribution is -2.49. The Bertz CT molecular complexity index is 1260. The number of carbonyl (C=O) groups excluding carboxylic acids is 3. The summed E-state index contributed by atoms with van der Waals surface area (Å²) in [5.74, 6) is -2.09. The Morgan fingerprint density at radius 3 is 2.46 bits per heavy atom. The average molecular weight is 509 g/mol. The van der Waals surface area contributed by atoms with Gasteiger partial charge in [0.05, 0.1) is 12.0 Å². The van der Waals surface area contributed by atoms with Crippen molar-refractivity contribution >= 4 is 29.6 Å². The van der Waals surface area contributed by atoms with Crippen molar-refractivity contribution in [2.24, 2.45) is 0 Å². The van der Waals surface area contributed by atoms with Crippen LogP contribution in [-0.4, -0.2) is 58.0 Å². The number of carboxylic acid groups (broad SMARTS) is 1. The van der Waals surface area contributed by atoms with Crippen LogP contribution in [0.25, 0.3) is 0 Å². The van der Waals surface area contributed by atoms with Gasteiger partial charge in [-0.15, -0.1) is 0 Å². The summed E-state index contributed by atoms with van der Waals surface area (Å²) in [5.41, 5.74) is 2.63. The molecule has 0 unspecified atom stereocenters. The first kappa shape index (κ1) is 24.7. The van der Waals surface area contributed by atoms with Gasteiger partial charge in [0.2, 0.25) is 11.8 Å². The molecule has 2 aliphatic carbocycles. The van der Waals surface area contributed by atoms with Crippen molar-refractivity contribution in [3.8, 4) is 0 Å². The SMILES string of the molecule is CNC(=O)Nc1ccc2c(c1)CC[C@@H]2C(=O)N(CC(=O)N1[C@@H](c2ccc(F)cc2)CCC12CC2)C(=O)O. The van der Waals surface area contributed by atoms with E-state index in [1.54, 1.807) is 35.2 Å². The van der Waals surface area contributed by atoms with Crippen LogP contribution in [-0.2, 0) is 16.0 Å². The molecule has 2 aromatic carbocycles. The lowest BCUT2D eigenvalue weighted by Gasteiger charge is -2.33. The number of imide groups is 1. The van der Waals surface area contributed by atoms with Gasteiger partial charge < -0.3 is 20.6 Å². The second-order valence-corrected chi connectivity index (χ2v) is 10.0. The minimum Gasteiger partial charge on any atom is -0.465 e. The summed E-state index contributed by atoms with van der Waals surface area (Å²) in [6, 6.07) is 10.6. The van der Waals surface area contributed by atoms with Crippen molar-refractivity contribution in [1.82, 2.24) is 15.1 Å². The maximum atomic E-state index is 13.6. The van der Waals surface area contributed by atoms with Crippen LogP contribution in [0, 0.1) is 5.82 Å². The third kappa shape index (κ3) is 4.63. The topological polar surface area (TPSA) is 119 Å². The Morgan fingerprint density at radius 2 is 1.81 bits per heavy atom. The van der Waals surface area contributed by atoms with Gasteiger partial charge in [-0.25, -0.2) is 18.9 Å². The van der Waals surface area contributed by atoms with Crippen LogP contribution >= 0.6 is 0 Å². The first-order valence-corrected chi connectivity index (χ1v) is 12.5. The molecule has 2 fully saturated rings. The molecule has 1 saturated carbocycles. The third-order valence-corrected chi connectivity index (χ3v) is 7.85. The Labute approximate surface area is 213 Å². The zero-order valence-electron chi connectivity index (χ0n) is 20.5. The highest BCUT2D eigenvalue weighted by Gasteiger charge is 2.57. The van der Waals surface area contributed by atoms with Crippen molar-refractivity contribution in [3.05, 3.63) is 65.0 Å². The molecule has 1 heterocycles. The Morgan fingerprint density at radius 1 is 1.08 bits per heavy atom. The Balaban J connectivity index is 1.34. The van der Waals surface area contributed by atoms with Crippen LogP contribution in [0.4, 0.5) is 19.7 Å². The number of aryl methyl sites for hydroxylation is 1. The second kappa shape index (κ2) is 9.49. The number of rotatable bonds is 5. The summed E-state index contributed by atoms with van der Waals surface area (Å²) in [6.07, 6.45) is 2.68. The van der Waals surface area contributed by atoms with E-state index >= 15 is 0 Å². The van der Waals surface area contributed by atoms with Gasteiger partial charge in [0.1, 0.15) is 12.4 Å². The van der Waals surface area contributed by atoms with Gasteiger partial charge in [0, 0.05) is 18.3 Å². The number of halogens is 1. The summed E-state index contributed by atoms with van der Waals surface area (Å²) in [4.78, 5) is 53.1. The van der Waals surface area contributed by atoms with E-state index in [1.807, 2.05) is 0 Å². The highest BCUT2D eigenvalue weighted by Crippen LogP contribution is 2.56. The number of nitrogens with zero attached hydrogens (tertiary/aromatic N) is 2. The van der Waals surface area contributed by atoms with E-state index in [2.05, 4.69) is 10.6 Å². The van der Waals surface area contributed by atoms with Crippen molar-refractivity contribution in [1.29, 1.82) is 0 Å². The van der Waals surface area contributed by atoms with Crippen LogP contribution in [0.1, 0.15) is 60.8 Å². The normalized spacial score (nSPS) is 20.9. The average Bonchev–Trinajstić information content (AvgIpc) is 3.37. The van der Waals surface area contributed by atoms with Gasteiger partial charge in [-0.3, -0.25) is 9.59 Å². The second-order valence-electron chi connectivity index (χ2n) is 10.0. The molecule has 3 aliphatic rings. The van der Waals surface area contributed by atoms with Gasteiger partial charge in [0.15, 0.2) is 0 Å². The molecule has 0 aromatic heterocycles. The van der Waals surface area contributed by atoms with Crippen LogP contribution in [0.2, 0.25) is 0 Å². The molecule has 194 valence electrons. The van der Waals surface area contributed by atoms with E-state index in [0.29, 0.717) is 35.4 Å². The molecule has 2 atom stereocenters. The smallest absolute Gasteiger partial charge is 0.414 e. The number of nitrogens with one attached hydrogen (secondary N) is 2. The lowest BCUT2D eigenvalue weighted by molar-refractivity contribution is -0.142. The molecular formula is C27H29FN4O5. The van der Waals surface area contributed by atoms with Crippen LogP contribution in [0.15, 0.2) is 42.5 Å². The first-order valence-electron chi connectivity index (χ1n) is 12.5. The zero-order chi connectivity index (χ0) is 26.3. The largest absolute Gasteiger partial charge is 0.465 e. The van der Waals surface area contributed by atoms with E-state index in [9.17, 15) is 28.7 Å². The van der Waals surface area contributed by atoms with Crippen LogP contribution < -0.4 is 10.6 Å². The zero-order valence-corrected chi connectivity index (χ0v) is 20.5. The molecule has 0 radical (unpaired) electrons. The molecule has 2 aromatic rings. The number of hydrogen-bond donors (Lipinski definition) is 3. The predicted octanol–water partition coefficient (Wildman–Crippen LogP) is 4.01. The third-order valence-electron chi connectivity index (χ3n) is 7.85. The number of fused-ring (bicyclic) bond motifs is 1. The van der Waals surface area contributed by atoms with E-state index in [1.165, 1.54) is 19.2 Å². The quantitative estimate of drug-likeness (QED) is 0.564. The molecule has 1 saturated heterocycles. The molecule has 5 rings (SSSR count). The number of benzene rings is 2. The van der Waals surface area contributed by atoms with Crippen molar-refractivity contribution in [3.63, 3.8) is 0 Å². The molecule has 9 nitrogen and oxygen atoms in total. The number of urea groups is 1. The summed E-state index contributed by atoms with van der Waals surface area (Å²) in [7, 11) is 1.51. The lowest BCUT2D eigenvalue weighted by atomic mass is 9.99. The number of anilines is 1. The molecule has 0 bridgehead atoms. The number of likely N-dealkylation sites (tertiary alicyclic amines) is 1. The standard InChI is InChI=1S/C27H29FN4O5/c1-29-25(35)30-19-7-9-20-17(14-19)4-8-21(20)24(34)31(26(36)37)15-23(33)32-22(10-11-27(32)12-13-27)16-2-5-18(28)6-3-16/h2-3,5-7,9,14,21-22H,4,8,10-13,15H2,1H3,(H,36,37)(H2,29,30,35)/t21-,22+/m0/s1. The Kier molecular flexibility index (Phi) is 6.35. The highest BCUT2D eigenvalue weighted by molar-refractivity contribution is 5.99. The fourth-order valence-corrected chi connectivity index (χ4v) is 5.84. The monoisotopic (exact) mass is 508 g/mol. The van der Waals surface area contributed by atoms with Crippen molar-refractivity contribution in [2.45, 2.75) is 56.0 Å². The summed E-state index contributed by atoms with van der Waals surface area (Å²) in [5, 5.41) is 15.1. The summed E-state index contributed by atoms with van der Waals surface area (Å²) in [6.45, 7) is -0.560. The van der Waals surface area contributed by atoms with Crippen LogP contribution in [0.5, 0.6) is 0 Å². The van der Waals surface area contributed by atoms with Gasteiger partial charge >= 0.3 is 12.1 Å². The first-order chi connectivity index (χ1) is 17.7. The molecule has 1 aliphatic heterocycles. The molecule has 10 heteroatoms. The molecule has 5 amide bonds. The number of carbonyl (C=O) groups is 4. The minimum atomic E-state index is -1.47. The van der Waals surface area contributed by atoms with E-state index in [-0.39, 0.29) is 23.4 Å². The van der Waals surface area contributed by atoms with Gasteiger partial charge in [0.25, 0.3) is 0 Å². The maximum absolute atomic E-state index is 13.6. The van der Waals surface area contributed by atoms with Crippen LogP contribution in [0.3, 0.4) is 0 Å². The molecule has 3 N–H and O–H groups in total. The fraction of sp³-hybridized carbons (Fsp3) is 0.407. The van der Waals surface area contributed by atoms with E-state index in [4.69, 9.17) is 0 Å². The highest BCUT2D eigenvalue weighted by atomic mass is 19.1. The molecule has 37 heavy (non-hydrogen) atoms. The van der Waals surface area contributed by atoms with Gasteiger partial charge in [-0.1, -0.05) is 18.2 Å². The fourth-order valence-electron chi connectivity index (χ4n) is 5.84. The number of amides is 5. The summed E-state index contributed by atoms with van der Waals surface area (Å²) >= 11 is 0. The Hall–Kier alpha value is -3.95. The van der Waals surface area contributed by atoms with E-state index in [0.717, 1.165) is 30.4 Å². The van der Waals surface area contributed by atoms with Gasteiger partial charge in [-0.05, 0) is 79.5 Å². The predicted molar refractivity (Wildman–Crippen MR) is 133 cm³/mol.